The summed E-state index contributed by atoms with van der Waals surface area (Å²) in [5, 5.41) is 5.37. The van der Waals surface area contributed by atoms with Crippen LogP contribution in [0.15, 0.2) is 16.9 Å². The molecule has 0 aromatic carbocycles. The van der Waals surface area contributed by atoms with Crippen LogP contribution in [0.2, 0.25) is 5.15 Å². The smallest absolute Gasteiger partial charge is 0.275 e. The van der Waals surface area contributed by atoms with Gasteiger partial charge in [0.2, 0.25) is 0 Å². The van der Waals surface area contributed by atoms with Crippen LogP contribution in [0.1, 0.15) is 47.1 Å². The first-order valence-electron chi connectivity index (χ1n) is 9.68. The summed E-state index contributed by atoms with van der Waals surface area (Å²) in [5.41, 5.74) is 9.11. The first-order valence-corrected chi connectivity index (χ1v) is 10.1. The van der Waals surface area contributed by atoms with Gasteiger partial charge in [0.15, 0.2) is 5.65 Å². The number of hydrogen-bond donors (Lipinski definition) is 3. The Morgan fingerprint density at radius 3 is 2.97 bits per heavy atom. The molecule has 3 aromatic rings. The summed E-state index contributed by atoms with van der Waals surface area (Å²) in [6.45, 7) is 4.02. The molecule has 3 N–H and O–H groups in total. The van der Waals surface area contributed by atoms with E-state index in [1.807, 2.05) is 6.92 Å². The quantitative estimate of drug-likeness (QED) is 0.449. The first-order chi connectivity index (χ1) is 13.9. The number of H-pyrrole nitrogens is 1. The highest BCUT2D eigenvalue weighted by Gasteiger charge is 2.22. The van der Waals surface area contributed by atoms with E-state index in [4.69, 9.17) is 11.6 Å². The molecular weight excluding hydrogens is 392 g/mol. The van der Waals surface area contributed by atoms with Crippen LogP contribution in [0.4, 0.5) is 5.69 Å². The van der Waals surface area contributed by atoms with Crippen molar-refractivity contribution in [2.75, 3.05) is 5.43 Å². The average molecular weight is 415 g/mol. The van der Waals surface area contributed by atoms with Crippen molar-refractivity contribution < 1.29 is 4.79 Å². The third-order valence-electron chi connectivity index (χ3n) is 5.60. The van der Waals surface area contributed by atoms with Gasteiger partial charge in [0, 0.05) is 18.8 Å². The second kappa shape index (κ2) is 7.51. The third-order valence-corrected chi connectivity index (χ3v) is 5.79. The SMILES string of the molecule is CCC1CCc2[nH]c(=O)c(C(=O)NNc3cc(Cl)nc4c3c(C)nn4C)cc2C1. The molecule has 0 saturated heterocycles. The number of carbonyl (C=O) groups is 1. The molecule has 0 aliphatic heterocycles. The number of nitrogens with one attached hydrogen (secondary N) is 3. The van der Waals surface area contributed by atoms with Gasteiger partial charge in [-0.15, -0.1) is 0 Å². The molecule has 0 spiro atoms. The summed E-state index contributed by atoms with van der Waals surface area (Å²) in [6.07, 6.45) is 3.88. The summed E-state index contributed by atoms with van der Waals surface area (Å²) in [7, 11) is 1.78. The lowest BCUT2D eigenvalue weighted by molar-refractivity contribution is 0.0961. The zero-order valence-electron chi connectivity index (χ0n) is 16.6. The van der Waals surface area contributed by atoms with Crippen molar-refractivity contribution in [1.82, 2.24) is 25.2 Å². The fraction of sp³-hybridized carbons (Fsp3) is 0.400. The second-order valence-electron chi connectivity index (χ2n) is 7.51. The van der Waals surface area contributed by atoms with Crippen molar-refractivity contribution in [2.24, 2.45) is 13.0 Å². The normalized spacial score (nSPS) is 15.9. The van der Waals surface area contributed by atoms with Crippen LogP contribution in [-0.2, 0) is 19.9 Å². The van der Waals surface area contributed by atoms with E-state index in [0.29, 0.717) is 17.3 Å². The number of aromatic amines is 1. The average Bonchev–Trinajstić information content (AvgIpc) is 2.98. The fourth-order valence-corrected chi connectivity index (χ4v) is 4.19. The minimum absolute atomic E-state index is 0.0901. The van der Waals surface area contributed by atoms with E-state index in [-0.39, 0.29) is 16.3 Å². The molecule has 3 heterocycles. The Hall–Kier alpha value is -2.87. The molecule has 0 bridgehead atoms. The maximum atomic E-state index is 12.7. The molecule has 1 aliphatic rings. The molecule has 9 heteroatoms. The number of hydrazine groups is 1. The number of pyridine rings is 2. The fourth-order valence-electron chi connectivity index (χ4n) is 4.00. The molecule has 8 nitrogen and oxygen atoms in total. The number of amides is 1. The van der Waals surface area contributed by atoms with E-state index < -0.39 is 5.91 Å². The number of rotatable bonds is 4. The van der Waals surface area contributed by atoms with Crippen LogP contribution >= 0.6 is 11.6 Å². The standard InChI is InChI=1S/C20H23ClN6O2/c1-4-11-5-6-14-12(7-11)8-13(19(28)22-14)20(29)25-24-15-9-16(21)23-18-17(15)10(2)26-27(18)3/h8-9,11H,4-7H2,1-3H3,(H,22,28)(H,23,24)(H,25,29). The number of aromatic nitrogens is 4. The van der Waals surface area contributed by atoms with Crippen LogP contribution in [0, 0.1) is 12.8 Å². The lowest BCUT2D eigenvalue weighted by Gasteiger charge is -2.23. The first kappa shape index (κ1) is 19.4. The van der Waals surface area contributed by atoms with Gasteiger partial charge in [-0.25, -0.2) is 4.98 Å². The van der Waals surface area contributed by atoms with E-state index in [9.17, 15) is 9.59 Å². The summed E-state index contributed by atoms with van der Waals surface area (Å²) in [6, 6.07) is 3.33. The molecule has 1 atom stereocenters. The minimum atomic E-state index is -0.504. The number of hydrogen-bond acceptors (Lipinski definition) is 5. The van der Waals surface area contributed by atoms with Crippen LogP contribution < -0.4 is 16.4 Å². The minimum Gasteiger partial charge on any atom is -0.325 e. The Bertz CT molecular complexity index is 1170. The lowest BCUT2D eigenvalue weighted by atomic mass is 9.84. The second-order valence-corrected chi connectivity index (χ2v) is 7.90. The Morgan fingerprint density at radius 2 is 2.21 bits per heavy atom. The van der Waals surface area contributed by atoms with E-state index >= 15 is 0 Å². The Balaban J connectivity index is 1.60. The van der Waals surface area contributed by atoms with Crippen molar-refractivity contribution in [1.29, 1.82) is 0 Å². The highest BCUT2D eigenvalue weighted by Crippen LogP contribution is 2.28. The van der Waals surface area contributed by atoms with Crippen LogP contribution in [0.3, 0.4) is 0 Å². The summed E-state index contributed by atoms with van der Waals surface area (Å²) in [5.74, 6) is 0.0820. The van der Waals surface area contributed by atoms with Crippen molar-refractivity contribution >= 4 is 34.2 Å². The lowest BCUT2D eigenvalue weighted by Crippen LogP contribution is -2.35. The van der Waals surface area contributed by atoms with Gasteiger partial charge in [0.05, 0.1) is 16.8 Å². The number of anilines is 1. The van der Waals surface area contributed by atoms with Gasteiger partial charge in [-0.1, -0.05) is 24.9 Å². The highest BCUT2D eigenvalue weighted by atomic mass is 35.5. The van der Waals surface area contributed by atoms with Crippen molar-refractivity contribution in [3.63, 3.8) is 0 Å². The number of nitrogens with zero attached hydrogens (tertiary/aromatic N) is 3. The zero-order valence-corrected chi connectivity index (χ0v) is 17.4. The third kappa shape index (κ3) is 3.60. The van der Waals surface area contributed by atoms with E-state index in [0.717, 1.165) is 48.0 Å². The maximum absolute atomic E-state index is 12.7. The Morgan fingerprint density at radius 1 is 1.41 bits per heavy atom. The Labute approximate surface area is 172 Å². The van der Waals surface area contributed by atoms with Crippen molar-refractivity contribution in [2.45, 2.75) is 39.5 Å². The summed E-state index contributed by atoms with van der Waals surface area (Å²) in [4.78, 5) is 32.3. The van der Waals surface area contributed by atoms with Gasteiger partial charge in [-0.2, -0.15) is 5.10 Å². The molecule has 29 heavy (non-hydrogen) atoms. The number of halogens is 1. The van der Waals surface area contributed by atoms with E-state index in [1.54, 1.807) is 23.9 Å². The van der Waals surface area contributed by atoms with E-state index in [1.165, 1.54) is 0 Å². The van der Waals surface area contributed by atoms with Gasteiger partial charge >= 0.3 is 0 Å². The Kier molecular flexibility index (Phi) is 5.04. The van der Waals surface area contributed by atoms with Gasteiger partial charge in [0.1, 0.15) is 10.7 Å². The maximum Gasteiger partial charge on any atom is 0.275 e. The molecule has 152 valence electrons. The molecule has 0 radical (unpaired) electrons. The molecule has 1 aliphatic carbocycles. The largest absolute Gasteiger partial charge is 0.325 e. The summed E-state index contributed by atoms with van der Waals surface area (Å²) >= 11 is 6.11. The van der Waals surface area contributed by atoms with Crippen molar-refractivity contribution in [3.05, 3.63) is 50.2 Å². The number of carbonyl (C=O) groups excluding carboxylic acids is 1. The number of fused-ring (bicyclic) bond motifs is 2. The molecule has 3 aromatic heterocycles. The molecule has 1 unspecified atom stereocenters. The predicted molar refractivity (Wildman–Crippen MR) is 112 cm³/mol. The van der Waals surface area contributed by atoms with Crippen LogP contribution in [0.25, 0.3) is 11.0 Å². The van der Waals surface area contributed by atoms with Gasteiger partial charge in [-0.3, -0.25) is 25.1 Å². The van der Waals surface area contributed by atoms with Gasteiger partial charge < -0.3 is 4.98 Å². The monoisotopic (exact) mass is 414 g/mol. The molecular formula is C20H23ClN6O2. The van der Waals surface area contributed by atoms with Gasteiger partial charge in [0.25, 0.3) is 11.5 Å². The van der Waals surface area contributed by atoms with E-state index in [2.05, 4.69) is 32.8 Å². The van der Waals surface area contributed by atoms with Crippen LogP contribution in [0.5, 0.6) is 0 Å². The van der Waals surface area contributed by atoms with Crippen LogP contribution in [-0.4, -0.2) is 25.7 Å². The molecule has 0 fully saturated rings. The summed E-state index contributed by atoms with van der Waals surface area (Å²) < 4.78 is 1.63. The molecule has 0 saturated carbocycles. The molecule has 4 rings (SSSR count). The number of aryl methyl sites for hydroxylation is 3. The molecule has 1 amide bonds. The topological polar surface area (TPSA) is 105 Å². The predicted octanol–water partition coefficient (Wildman–Crippen LogP) is 2.89. The highest BCUT2D eigenvalue weighted by molar-refractivity contribution is 6.30. The van der Waals surface area contributed by atoms with Gasteiger partial charge in [-0.05, 0) is 43.7 Å². The zero-order chi connectivity index (χ0) is 20.7. The van der Waals surface area contributed by atoms with Crippen molar-refractivity contribution in [3.8, 4) is 0 Å².